The number of rotatable bonds is 9. The van der Waals surface area contributed by atoms with Crippen LogP contribution >= 0.6 is 27.5 Å². The lowest BCUT2D eigenvalue weighted by molar-refractivity contribution is -0.384. The van der Waals surface area contributed by atoms with E-state index in [1.807, 2.05) is 6.92 Å². The molecule has 0 atom stereocenters. The SMILES string of the molecule is CCCCOc1c(Br)cc(/C=C2\N=C(c3cc([N+](=O)[O-])ccc3Cl)OC2=O)cc1OCC. The van der Waals surface area contributed by atoms with Crippen molar-refractivity contribution in [3.8, 4) is 11.5 Å². The molecule has 0 bridgehead atoms. The van der Waals surface area contributed by atoms with Crippen LogP contribution < -0.4 is 9.47 Å². The number of carbonyl (C=O) groups is 1. The summed E-state index contributed by atoms with van der Waals surface area (Å²) in [7, 11) is 0. The predicted molar refractivity (Wildman–Crippen MR) is 124 cm³/mol. The van der Waals surface area contributed by atoms with Crippen LogP contribution in [0.15, 0.2) is 45.5 Å². The fourth-order valence-electron chi connectivity index (χ4n) is 2.87. The van der Waals surface area contributed by atoms with Crippen LogP contribution in [0.3, 0.4) is 0 Å². The molecule has 2 aromatic carbocycles. The van der Waals surface area contributed by atoms with Crippen LogP contribution in [0.4, 0.5) is 5.69 Å². The number of hydrogen-bond donors (Lipinski definition) is 0. The van der Waals surface area contributed by atoms with Crippen LogP contribution in [0, 0.1) is 10.1 Å². The summed E-state index contributed by atoms with van der Waals surface area (Å²) in [4.78, 5) is 27.1. The van der Waals surface area contributed by atoms with Crippen molar-refractivity contribution >= 4 is 51.2 Å². The van der Waals surface area contributed by atoms with E-state index in [0.29, 0.717) is 34.7 Å². The fourth-order valence-corrected chi connectivity index (χ4v) is 3.64. The Balaban J connectivity index is 1.96. The highest BCUT2D eigenvalue weighted by Crippen LogP contribution is 2.38. The Labute approximate surface area is 198 Å². The Morgan fingerprint density at radius 1 is 1.25 bits per heavy atom. The Bertz CT molecular complexity index is 1120. The quantitative estimate of drug-likeness (QED) is 0.133. The third kappa shape index (κ3) is 5.46. The number of unbranched alkanes of at least 4 members (excludes halogenated alkanes) is 1. The molecule has 0 amide bonds. The molecule has 8 nitrogen and oxygen atoms in total. The molecule has 0 N–H and O–H groups in total. The first-order chi connectivity index (χ1) is 15.3. The Morgan fingerprint density at radius 3 is 2.72 bits per heavy atom. The molecule has 10 heteroatoms. The molecule has 0 radical (unpaired) electrons. The Kier molecular flexibility index (Phi) is 7.87. The van der Waals surface area contributed by atoms with Gasteiger partial charge in [0, 0.05) is 12.1 Å². The van der Waals surface area contributed by atoms with E-state index in [1.54, 1.807) is 12.1 Å². The highest BCUT2D eigenvalue weighted by Gasteiger charge is 2.27. The van der Waals surface area contributed by atoms with Crippen molar-refractivity contribution in [3.05, 3.63) is 66.8 Å². The molecule has 1 aliphatic heterocycles. The summed E-state index contributed by atoms with van der Waals surface area (Å²) in [6.45, 7) is 4.93. The van der Waals surface area contributed by atoms with Gasteiger partial charge in [-0.1, -0.05) is 24.9 Å². The van der Waals surface area contributed by atoms with E-state index in [4.69, 9.17) is 25.8 Å². The highest BCUT2D eigenvalue weighted by molar-refractivity contribution is 9.10. The number of esters is 1. The molecular formula is C22H20BrClN2O6. The van der Waals surface area contributed by atoms with Gasteiger partial charge in [-0.2, -0.15) is 0 Å². The van der Waals surface area contributed by atoms with Crippen LogP contribution in [0.2, 0.25) is 5.02 Å². The molecule has 0 unspecified atom stereocenters. The maximum Gasteiger partial charge on any atom is 0.363 e. The minimum absolute atomic E-state index is 0.0246. The maximum absolute atomic E-state index is 12.4. The molecule has 0 saturated heterocycles. The van der Waals surface area contributed by atoms with Crippen molar-refractivity contribution in [1.82, 2.24) is 0 Å². The van der Waals surface area contributed by atoms with Crippen LogP contribution in [0.25, 0.3) is 6.08 Å². The van der Waals surface area contributed by atoms with Crippen molar-refractivity contribution in [2.45, 2.75) is 26.7 Å². The van der Waals surface area contributed by atoms with Gasteiger partial charge in [0.15, 0.2) is 17.2 Å². The minimum Gasteiger partial charge on any atom is -0.490 e. The van der Waals surface area contributed by atoms with Gasteiger partial charge in [-0.05, 0) is 59.1 Å². The summed E-state index contributed by atoms with van der Waals surface area (Å²) >= 11 is 9.63. The summed E-state index contributed by atoms with van der Waals surface area (Å²) in [6.07, 6.45) is 3.44. The van der Waals surface area contributed by atoms with E-state index < -0.39 is 10.9 Å². The van der Waals surface area contributed by atoms with E-state index in [2.05, 4.69) is 27.8 Å². The monoisotopic (exact) mass is 522 g/mol. The third-order valence-corrected chi connectivity index (χ3v) is 5.31. The third-order valence-electron chi connectivity index (χ3n) is 4.39. The van der Waals surface area contributed by atoms with Crippen LogP contribution in [-0.4, -0.2) is 30.0 Å². The van der Waals surface area contributed by atoms with Gasteiger partial charge in [0.1, 0.15) is 0 Å². The molecule has 3 rings (SSSR count). The largest absolute Gasteiger partial charge is 0.490 e. The standard InChI is InChI=1S/C22H20BrClN2O6/c1-3-5-8-31-20-16(23)9-13(11-19(20)30-4-2)10-18-22(27)32-21(25-18)15-12-14(26(28)29)6-7-17(15)24/h6-7,9-12H,3-5,8H2,1-2H3/b18-10-. The molecule has 0 fully saturated rings. The van der Waals surface area contributed by atoms with Gasteiger partial charge in [-0.25, -0.2) is 9.79 Å². The van der Waals surface area contributed by atoms with Crippen molar-refractivity contribution in [3.63, 3.8) is 0 Å². The molecule has 32 heavy (non-hydrogen) atoms. The molecule has 1 aliphatic rings. The van der Waals surface area contributed by atoms with E-state index in [-0.39, 0.29) is 27.9 Å². The summed E-state index contributed by atoms with van der Waals surface area (Å²) in [5.41, 5.74) is 0.625. The lowest BCUT2D eigenvalue weighted by Gasteiger charge is -2.14. The lowest BCUT2D eigenvalue weighted by Crippen LogP contribution is -2.06. The number of nitro benzene ring substituents is 1. The molecule has 2 aromatic rings. The van der Waals surface area contributed by atoms with Gasteiger partial charge in [0.2, 0.25) is 5.90 Å². The Morgan fingerprint density at radius 2 is 2.03 bits per heavy atom. The number of carbonyl (C=O) groups excluding carboxylic acids is 1. The second-order valence-electron chi connectivity index (χ2n) is 6.72. The van der Waals surface area contributed by atoms with Crippen molar-refractivity contribution in [2.75, 3.05) is 13.2 Å². The van der Waals surface area contributed by atoms with E-state index >= 15 is 0 Å². The predicted octanol–water partition coefficient (Wildman–Crippen LogP) is 5.93. The molecule has 168 valence electrons. The maximum atomic E-state index is 12.4. The van der Waals surface area contributed by atoms with Crippen LogP contribution in [0.5, 0.6) is 11.5 Å². The van der Waals surface area contributed by atoms with Gasteiger partial charge < -0.3 is 14.2 Å². The summed E-state index contributed by atoms with van der Waals surface area (Å²) < 4.78 is 17.4. The summed E-state index contributed by atoms with van der Waals surface area (Å²) in [5, 5.41) is 11.2. The molecular weight excluding hydrogens is 504 g/mol. The van der Waals surface area contributed by atoms with E-state index in [0.717, 1.165) is 12.8 Å². The zero-order valence-corrected chi connectivity index (χ0v) is 19.7. The zero-order chi connectivity index (χ0) is 23.3. The average molecular weight is 524 g/mol. The van der Waals surface area contributed by atoms with Gasteiger partial charge >= 0.3 is 5.97 Å². The number of nitrogens with zero attached hydrogens (tertiary/aromatic N) is 2. The van der Waals surface area contributed by atoms with Crippen molar-refractivity contribution in [2.24, 2.45) is 4.99 Å². The first-order valence-electron chi connectivity index (χ1n) is 9.90. The molecule has 0 spiro atoms. The molecule has 1 heterocycles. The lowest BCUT2D eigenvalue weighted by atomic mass is 10.1. The van der Waals surface area contributed by atoms with Gasteiger partial charge in [0.25, 0.3) is 5.69 Å². The number of hydrogen-bond acceptors (Lipinski definition) is 7. The van der Waals surface area contributed by atoms with Crippen molar-refractivity contribution < 1.29 is 23.9 Å². The van der Waals surface area contributed by atoms with Gasteiger partial charge in [0.05, 0.1) is 33.2 Å². The number of halogens is 2. The second-order valence-corrected chi connectivity index (χ2v) is 7.98. The van der Waals surface area contributed by atoms with Crippen molar-refractivity contribution in [1.29, 1.82) is 0 Å². The highest BCUT2D eigenvalue weighted by atomic mass is 79.9. The second kappa shape index (κ2) is 10.6. The van der Waals surface area contributed by atoms with Crippen LogP contribution in [0.1, 0.15) is 37.8 Å². The number of non-ortho nitro benzene ring substituents is 1. The first-order valence-corrected chi connectivity index (χ1v) is 11.1. The normalized spacial score (nSPS) is 14.3. The Hall–Kier alpha value is -2.91. The number of ether oxygens (including phenoxy) is 3. The first kappa shape index (κ1) is 23.7. The fraction of sp³-hybridized carbons (Fsp3) is 0.273. The average Bonchev–Trinajstić information content (AvgIpc) is 3.10. The number of cyclic esters (lactones) is 1. The van der Waals surface area contributed by atoms with Gasteiger partial charge in [-0.3, -0.25) is 10.1 Å². The number of nitro groups is 1. The summed E-state index contributed by atoms with van der Waals surface area (Å²) in [6, 6.07) is 7.35. The van der Waals surface area contributed by atoms with E-state index in [1.165, 1.54) is 24.3 Å². The summed E-state index contributed by atoms with van der Waals surface area (Å²) in [5.74, 6) is 0.324. The molecule has 0 aliphatic carbocycles. The van der Waals surface area contributed by atoms with Crippen LogP contribution in [-0.2, 0) is 9.53 Å². The smallest absolute Gasteiger partial charge is 0.363 e. The molecule has 0 saturated carbocycles. The number of aliphatic imine (C=N–C) groups is 1. The molecule has 0 aromatic heterocycles. The van der Waals surface area contributed by atoms with Gasteiger partial charge in [-0.15, -0.1) is 0 Å². The van der Waals surface area contributed by atoms with E-state index in [9.17, 15) is 14.9 Å². The topological polar surface area (TPSA) is 100 Å². The number of benzene rings is 2. The minimum atomic E-state index is -0.695. The zero-order valence-electron chi connectivity index (χ0n) is 17.4.